The molecule has 0 atom stereocenters. The first-order valence-corrected chi connectivity index (χ1v) is 7.93. The van der Waals surface area contributed by atoms with Crippen LogP contribution in [0.4, 0.5) is 8.78 Å². The van der Waals surface area contributed by atoms with E-state index in [0.717, 1.165) is 16.9 Å². The highest BCUT2D eigenvalue weighted by Crippen LogP contribution is 2.30. The summed E-state index contributed by atoms with van der Waals surface area (Å²) in [6.45, 7) is 6.64. The maximum Gasteiger partial charge on any atom is 0.469 e. The molecule has 0 aromatic heterocycles. The molecule has 0 spiro atoms. The molecule has 0 aliphatic heterocycles. The molecule has 0 bridgehead atoms. The van der Waals surface area contributed by atoms with Crippen LogP contribution >= 0.6 is 12.0 Å². The predicted molar refractivity (Wildman–Crippen MR) is 86.0 cm³/mol. The molecule has 22 heavy (non-hydrogen) atoms. The van der Waals surface area contributed by atoms with Crippen LogP contribution in [-0.4, -0.2) is 29.9 Å². The van der Waals surface area contributed by atoms with Gasteiger partial charge in [0.1, 0.15) is 0 Å². The lowest BCUT2D eigenvalue weighted by Crippen LogP contribution is -2.50. The van der Waals surface area contributed by atoms with Crippen LogP contribution in [0.25, 0.3) is 0 Å². The fourth-order valence-electron chi connectivity index (χ4n) is 1.45. The lowest BCUT2D eigenvalue weighted by Gasteiger charge is -2.39. The summed E-state index contributed by atoms with van der Waals surface area (Å²) >= 11 is 1.08. The van der Waals surface area contributed by atoms with E-state index in [-0.39, 0.29) is 12.7 Å². The minimum Gasteiger partial charge on any atom is -0.403 e. The van der Waals surface area contributed by atoms with Gasteiger partial charge in [0.15, 0.2) is 0 Å². The Hall–Kier alpha value is -0.625. The maximum absolute atomic E-state index is 12.5. The molecule has 1 N–H and O–H groups in total. The van der Waals surface area contributed by atoms with Crippen molar-refractivity contribution >= 4 is 19.2 Å². The lowest BCUT2D eigenvalue weighted by atomic mass is 9.79. The van der Waals surface area contributed by atoms with Gasteiger partial charge in [0.2, 0.25) is 6.43 Å². The molecule has 1 aromatic rings. The first kappa shape index (κ1) is 19.4. The SMILES string of the molecule is CC(C)(O)C(C)(C)OB(CCC(F)F)OSc1ccccc1. The number of halogens is 2. The molecule has 0 aliphatic rings. The fourth-order valence-corrected chi connectivity index (χ4v) is 2.07. The van der Waals surface area contributed by atoms with Gasteiger partial charge in [-0.05, 0) is 46.1 Å². The Balaban J connectivity index is 2.67. The molecule has 7 heteroatoms. The van der Waals surface area contributed by atoms with Gasteiger partial charge in [0.05, 0.1) is 11.2 Å². The smallest absolute Gasteiger partial charge is 0.403 e. The van der Waals surface area contributed by atoms with Gasteiger partial charge in [-0.3, -0.25) is 0 Å². The van der Waals surface area contributed by atoms with Gasteiger partial charge in [-0.15, -0.1) is 0 Å². The molecule has 0 fully saturated rings. The van der Waals surface area contributed by atoms with E-state index < -0.39 is 24.7 Å². The third-order valence-corrected chi connectivity index (χ3v) is 4.29. The van der Waals surface area contributed by atoms with E-state index >= 15 is 0 Å². The molecule has 0 amide bonds. The number of rotatable bonds is 9. The minimum atomic E-state index is -2.42. The zero-order valence-electron chi connectivity index (χ0n) is 13.4. The Morgan fingerprint density at radius 1 is 1.18 bits per heavy atom. The highest BCUT2D eigenvalue weighted by molar-refractivity contribution is 7.95. The Bertz CT molecular complexity index is 438. The van der Waals surface area contributed by atoms with Crippen molar-refractivity contribution in [3.63, 3.8) is 0 Å². The number of aliphatic hydroxyl groups is 1. The van der Waals surface area contributed by atoms with Gasteiger partial charge in [-0.25, -0.2) is 8.78 Å². The average Bonchev–Trinajstić information content (AvgIpc) is 2.41. The van der Waals surface area contributed by atoms with E-state index in [1.54, 1.807) is 27.7 Å². The fraction of sp³-hybridized carbons (Fsp3) is 0.600. The predicted octanol–water partition coefficient (Wildman–Crippen LogP) is 4.42. The normalized spacial score (nSPS) is 12.7. The second kappa shape index (κ2) is 8.29. The Kier molecular flexibility index (Phi) is 7.32. The average molecular weight is 332 g/mol. The van der Waals surface area contributed by atoms with Crippen LogP contribution in [0.3, 0.4) is 0 Å². The van der Waals surface area contributed by atoms with Crippen LogP contribution in [0.1, 0.15) is 34.1 Å². The van der Waals surface area contributed by atoms with Crippen LogP contribution in [-0.2, 0) is 8.75 Å². The van der Waals surface area contributed by atoms with Crippen LogP contribution in [0.5, 0.6) is 0 Å². The van der Waals surface area contributed by atoms with E-state index in [1.165, 1.54) is 0 Å². The number of alkyl halides is 2. The third-order valence-electron chi connectivity index (χ3n) is 3.51. The molecule has 1 rings (SSSR count). The molecule has 0 aliphatic carbocycles. The number of hydrogen-bond donors (Lipinski definition) is 1. The molecular formula is C15H23BF2O3S. The van der Waals surface area contributed by atoms with E-state index in [1.807, 2.05) is 30.3 Å². The van der Waals surface area contributed by atoms with Crippen LogP contribution < -0.4 is 0 Å². The molecule has 0 heterocycles. The van der Waals surface area contributed by atoms with Crippen molar-refractivity contribution < 1.29 is 22.6 Å². The van der Waals surface area contributed by atoms with E-state index in [2.05, 4.69) is 0 Å². The molecule has 0 saturated carbocycles. The van der Waals surface area contributed by atoms with E-state index in [0.29, 0.717) is 0 Å². The third kappa shape index (κ3) is 6.65. The quantitative estimate of drug-likeness (QED) is 0.537. The van der Waals surface area contributed by atoms with Crippen molar-refractivity contribution in [2.75, 3.05) is 0 Å². The molecule has 0 saturated heterocycles. The lowest BCUT2D eigenvalue weighted by molar-refractivity contribution is -0.0988. The Morgan fingerprint density at radius 2 is 1.77 bits per heavy atom. The largest absolute Gasteiger partial charge is 0.469 e. The summed E-state index contributed by atoms with van der Waals surface area (Å²) in [5.74, 6) is 0. The topological polar surface area (TPSA) is 38.7 Å². The Morgan fingerprint density at radius 3 is 2.27 bits per heavy atom. The second-order valence-electron chi connectivity index (χ2n) is 6.08. The van der Waals surface area contributed by atoms with Crippen molar-refractivity contribution in [1.29, 1.82) is 0 Å². The van der Waals surface area contributed by atoms with Gasteiger partial charge in [0.25, 0.3) is 0 Å². The van der Waals surface area contributed by atoms with Crippen molar-refractivity contribution in [3.8, 4) is 0 Å². The summed E-state index contributed by atoms with van der Waals surface area (Å²) in [5, 5.41) is 10.1. The summed E-state index contributed by atoms with van der Waals surface area (Å²) in [5.41, 5.74) is -2.06. The van der Waals surface area contributed by atoms with Crippen LogP contribution in [0.15, 0.2) is 35.2 Å². The number of hydrogen-bond acceptors (Lipinski definition) is 4. The minimum absolute atomic E-state index is 0.0526. The van der Waals surface area contributed by atoms with Crippen molar-refractivity contribution in [2.24, 2.45) is 0 Å². The van der Waals surface area contributed by atoms with Crippen molar-refractivity contribution in [1.82, 2.24) is 0 Å². The molecular weight excluding hydrogens is 309 g/mol. The monoisotopic (exact) mass is 332 g/mol. The van der Waals surface area contributed by atoms with Gasteiger partial charge in [0, 0.05) is 23.4 Å². The molecule has 0 unspecified atom stereocenters. The van der Waals surface area contributed by atoms with E-state index in [9.17, 15) is 13.9 Å². The molecule has 3 nitrogen and oxygen atoms in total. The summed E-state index contributed by atoms with van der Waals surface area (Å²) in [4.78, 5) is 0.856. The van der Waals surface area contributed by atoms with E-state index in [4.69, 9.17) is 8.75 Å². The first-order valence-electron chi connectivity index (χ1n) is 7.18. The molecule has 1 aromatic carbocycles. The van der Waals surface area contributed by atoms with Gasteiger partial charge in [-0.1, -0.05) is 18.2 Å². The van der Waals surface area contributed by atoms with Gasteiger partial charge < -0.3 is 13.9 Å². The molecule has 124 valence electrons. The summed E-state index contributed by atoms with van der Waals surface area (Å²) in [6, 6.07) is 9.32. The summed E-state index contributed by atoms with van der Waals surface area (Å²) in [6.07, 6.45) is -2.68. The first-order chi connectivity index (χ1) is 10.1. The number of benzene rings is 1. The highest BCUT2D eigenvalue weighted by atomic mass is 32.2. The van der Waals surface area contributed by atoms with Crippen molar-refractivity contribution in [3.05, 3.63) is 30.3 Å². The zero-order chi connectivity index (χ0) is 16.8. The van der Waals surface area contributed by atoms with Crippen LogP contribution in [0, 0.1) is 0 Å². The van der Waals surface area contributed by atoms with Crippen LogP contribution in [0.2, 0.25) is 6.32 Å². The van der Waals surface area contributed by atoms with Gasteiger partial charge in [-0.2, -0.15) is 0 Å². The molecule has 0 radical (unpaired) electrons. The zero-order valence-corrected chi connectivity index (χ0v) is 14.2. The second-order valence-corrected chi connectivity index (χ2v) is 6.91. The van der Waals surface area contributed by atoms with Gasteiger partial charge >= 0.3 is 7.12 Å². The standard InChI is InChI=1S/C15H23BF2O3S/c1-14(2,19)15(3,4)20-16(11-10-13(17)18)21-22-12-8-6-5-7-9-12/h5-9,13,19H,10-11H2,1-4H3. The van der Waals surface area contributed by atoms with Crippen molar-refractivity contribution in [2.45, 2.75) is 63.0 Å². The highest BCUT2D eigenvalue weighted by Gasteiger charge is 2.40. The Labute approximate surface area is 135 Å². The summed E-state index contributed by atoms with van der Waals surface area (Å²) in [7, 11) is -0.833. The maximum atomic E-state index is 12.5. The summed E-state index contributed by atoms with van der Waals surface area (Å²) < 4.78 is 36.2.